The Balaban J connectivity index is 1.37. The number of rotatable bonds is 6. The quantitative estimate of drug-likeness (QED) is 0.523. The zero-order valence-corrected chi connectivity index (χ0v) is 19.7. The fraction of sp³-hybridized carbons (Fsp3) is 0.154. The molecule has 5 rings (SSSR count). The van der Waals surface area contributed by atoms with Crippen molar-refractivity contribution in [1.29, 1.82) is 5.41 Å². The molecular formula is C26H23N5O2S. The topological polar surface area (TPSA) is 83.0 Å². The number of hydrogen-bond acceptors (Lipinski definition) is 5. The summed E-state index contributed by atoms with van der Waals surface area (Å²) >= 11 is 1.25. The van der Waals surface area contributed by atoms with Crippen LogP contribution >= 0.6 is 11.8 Å². The Kier molecular flexibility index (Phi) is 5.90. The number of aromatic nitrogens is 1. The first-order valence-electron chi connectivity index (χ1n) is 10.9. The van der Waals surface area contributed by atoms with E-state index < -0.39 is 5.91 Å². The van der Waals surface area contributed by atoms with Gasteiger partial charge in [0.05, 0.1) is 5.57 Å². The van der Waals surface area contributed by atoms with E-state index in [0.717, 1.165) is 29.2 Å². The van der Waals surface area contributed by atoms with Crippen molar-refractivity contribution >= 4 is 39.8 Å². The largest absolute Gasteiger partial charge is 0.487 e. The van der Waals surface area contributed by atoms with Crippen LogP contribution in [0, 0.1) is 19.3 Å². The minimum Gasteiger partial charge on any atom is -0.487 e. The number of aryl methyl sites for hydroxylation is 1. The smallest absolute Gasteiger partial charge is 0.283 e. The second-order valence-corrected chi connectivity index (χ2v) is 9.05. The summed E-state index contributed by atoms with van der Waals surface area (Å²) in [5.41, 5.74) is 4.43. The van der Waals surface area contributed by atoms with Crippen LogP contribution in [0.5, 0.6) is 5.75 Å². The lowest BCUT2D eigenvalue weighted by molar-refractivity contribution is -0.114. The molecule has 0 saturated carbocycles. The molecule has 0 spiro atoms. The van der Waals surface area contributed by atoms with E-state index in [-0.39, 0.29) is 18.0 Å². The molecule has 0 atom stereocenters. The van der Waals surface area contributed by atoms with Gasteiger partial charge in [0.2, 0.25) is 5.17 Å². The molecule has 7 nitrogen and oxygen atoms in total. The first-order valence-corrected chi connectivity index (χ1v) is 11.7. The van der Waals surface area contributed by atoms with Crippen molar-refractivity contribution in [2.75, 3.05) is 6.61 Å². The van der Waals surface area contributed by atoms with Gasteiger partial charge in [-0.3, -0.25) is 10.2 Å². The minimum absolute atomic E-state index is 0.0186. The number of amides is 1. The number of nitrogens with one attached hydrogen (secondary N) is 1. The molecule has 0 fully saturated rings. The highest BCUT2D eigenvalue weighted by Gasteiger charge is 2.36. The molecule has 2 aliphatic rings. The van der Waals surface area contributed by atoms with Crippen LogP contribution in [0.1, 0.15) is 22.5 Å². The number of ether oxygens (including phenoxy) is 1. The van der Waals surface area contributed by atoms with Crippen LogP contribution in [0.15, 0.2) is 82.4 Å². The molecule has 3 aromatic rings. The molecule has 34 heavy (non-hydrogen) atoms. The fourth-order valence-corrected chi connectivity index (χ4v) is 4.69. The highest BCUT2D eigenvalue weighted by atomic mass is 32.2. The lowest BCUT2D eigenvalue weighted by atomic mass is 10.1. The van der Waals surface area contributed by atoms with Gasteiger partial charge in [-0.1, -0.05) is 48.5 Å². The molecule has 0 radical (unpaired) electrons. The van der Waals surface area contributed by atoms with Crippen LogP contribution in [-0.2, 0) is 11.3 Å². The monoisotopic (exact) mass is 469 g/mol. The highest BCUT2D eigenvalue weighted by molar-refractivity contribution is 8.27. The molecule has 0 unspecified atom stereocenters. The number of carbonyl (C=O) groups excluding carboxylic acids is 1. The predicted molar refractivity (Wildman–Crippen MR) is 136 cm³/mol. The summed E-state index contributed by atoms with van der Waals surface area (Å²) in [6.07, 6.45) is 1.74. The minimum atomic E-state index is -0.433. The van der Waals surface area contributed by atoms with Gasteiger partial charge in [0.15, 0.2) is 5.84 Å². The van der Waals surface area contributed by atoms with Crippen molar-refractivity contribution in [3.63, 3.8) is 0 Å². The van der Waals surface area contributed by atoms with Gasteiger partial charge in [0.1, 0.15) is 17.4 Å². The van der Waals surface area contributed by atoms with Crippen molar-refractivity contribution in [1.82, 2.24) is 9.58 Å². The number of hydrogen-bond donors (Lipinski definition) is 1. The Bertz CT molecular complexity index is 1360. The Morgan fingerprint density at radius 3 is 2.50 bits per heavy atom. The molecule has 170 valence electrons. The number of para-hydroxylation sites is 1. The third kappa shape index (κ3) is 4.32. The summed E-state index contributed by atoms with van der Waals surface area (Å²) < 4.78 is 7.96. The molecular weight excluding hydrogens is 446 g/mol. The van der Waals surface area contributed by atoms with E-state index in [9.17, 15) is 4.79 Å². The molecule has 0 aliphatic carbocycles. The van der Waals surface area contributed by atoms with Crippen LogP contribution in [0.3, 0.4) is 0 Å². The molecule has 1 aromatic heterocycles. The van der Waals surface area contributed by atoms with E-state index in [2.05, 4.69) is 26.8 Å². The van der Waals surface area contributed by atoms with Crippen molar-refractivity contribution in [3.8, 4) is 5.75 Å². The standard InChI is InChI=1S/C26H23N5O2S/c1-17-13-20(18(2)30(17)15-19-9-5-3-6-10-19)14-22-24(27)31-26(28-25(22)32)34-23(29-31)16-33-21-11-7-4-8-12-21/h3-14,27H,15-16H2,1-2H3/b22-14-,27-24?. The van der Waals surface area contributed by atoms with Crippen molar-refractivity contribution < 1.29 is 9.53 Å². The van der Waals surface area contributed by atoms with Crippen LogP contribution < -0.4 is 4.74 Å². The summed E-state index contributed by atoms with van der Waals surface area (Å²) in [6, 6.07) is 21.7. The first-order chi connectivity index (χ1) is 16.5. The molecule has 0 saturated heterocycles. The van der Waals surface area contributed by atoms with Gasteiger partial charge < -0.3 is 9.30 Å². The van der Waals surface area contributed by atoms with Crippen molar-refractivity contribution in [2.24, 2.45) is 10.1 Å². The molecule has 1 N–H and O–H groups in total. The maximum Gasteiger partial charge on any atom is 0.283 e. The molecule has 1 amide bonds. The highest BCUT2D eigenvalue weighted by Crippen LogP contribution is 2.29. The Hall–Kier alpha value is -3.91. The van der Waals surface area contributed by atoms with Crippen LogP contribution in [0.25, 0.3) is 6.08 Å². The van der Waals surface area contributed by atoms with Gasteiger partial charge >= 0.3 is 0 Å². The van der Waals surface area contributed by atoms with Crippen molar-refractivity contribution in [3.05, 3.63) is 94.8 Å². The zero-order chi connectivity index (χ0) is 23.7. The zero-order valence-electron chi connectivity index (χ0n) is 18.9. The summed E-state index contributed by atoms with van der Waals surface area (Å²) in [5.74, 6) is 0.317. The number of hydrazone groups is 1. The van der Waals surface area contributed by atoms with Gasteiger partial charge in [-0.25, -0.2) is 0 Å². The summed E-state index contributed by atoms with van der Waals surface area (Å²) in [5, 5.41) is 15.5. The summed E-state index contributed by atoms with van der Waals surface area (Å²) in [6.45, 7) is 5.05. The molecule has 2 aliphatic heterocycles. The molecule has 2 aromatic carbocycles. The first kappa shape index (κ1) is 21.9. The van der Waals surface area contributed by atoms with Gasteiger partial charge in [-0.05, 0) is 61.0 Å². The maximum absolute atomic E-state index is 12.8. The van der Waals surface area contributed by atoms with Gasteiger partial charge in [-0.15, -0.1) is 0 Å². The van der Waals surface area contributed by atoms with E-state index in [1.54, 1.807) is 6.08 Å². The van der Waals surface area contributed by atoms with Gasteiger partial charge in [0.25, 0.3) is 5.91 Å². The summed E-state index contributed by atoms with van der Waals surface area (Å²) in [7, 11) is 0. The third-order valence-electron chi connectivity index (χ3n) is 5.70. The molecule has 8 heteroatoms. The average Bonchev–Trinajstić information content (AvgIpc) is 3.37. The normalized spacial score (nSPS) is 16.5. The van der Waals surface area contributed by atoms with E-state index in [1.807, 2.05) is 68.4 Å². The second-order valence-electron chi connectivity index (χ2n) is 8.01. The number of carbonyl (C=O) groups is 1. The average molecular weight is 470 g/mol. The molecule has 0 bridgehead atoms. The number of nitrogens with zero attached hydrogens (tertiary/aromatic N) is 4. The van der Waals surface area contributed by atoms with E-state index in [1.165, 1.54) is 22.3 Å². The van der Waals surface area contributed by atoms with E-state index in [0.29, 0.717) is 10.2 Å². The Morgan fingerprint density at radius 1 is 1.06 bits per heavy atom. The summed E-state index contributed by atoms with van der Waals surface area (Å²) in [4.78, 5) is 17.0. The Morgan fingerprint density at radius 2 is 1.76 bits per heavy atom. The van der Waals surface area contributed by atoms with Gasteiger partial charge in [-0.2, -0.15) is 15.1 Å². The van der Waals surface area contributed by atoms with E-state index >= 15 is 0 Å². The lowest BCUT2D eigenvalue weighted by Crippen LogP contribution is -2.35. The van der Waals surface area contributed by atoms with E-state index in [4.69, 9.17) is 10.1 Å². The fourth-order valence-electron chi connectivity index (χ4n) is 3.89. The number of thioether (sulfide) groups is 1. The lowest BCUT2D eigenvalue weighted by Gasteiger charge is -2.20. The Labute approximate surface area is 202 Å². The van der Waals surface area contributed by atoms with Gasteiger partial charge in [0, 0.05) is 17.9 Å². The number of fused-ring (bicyclic) bond motifs is 1. The second kappa shape index (κ2) is 9.15. The third-order valence-corrected chi connectivity index (χ3v) is 6.58. The number of aliphatic imine (C=N–C) groups is 1. The SMILES string of the molecule is Cc1cc(/C=C2/C(=N)N3N=C(COc4ccccc4)SC3=NC2=O)c(C)n1Cc1ccccc1. The van der Waals surface area contributed by atoms with Crippen molar-refractivity contribution in [2.45, 2.75) is 20.4 Å². The predicted octanol–water partition coefficient (Wildman–Crippen LogP) is 4.85. The molecule has 3 heterocycles. The van der Waals surface area contributed by atoms with Crippen LogP contribution in [-0.4, -0.2) is 38.1 Å². The maximum atomic E-state index is 12.8. The number of benzene rings is 2. The van der Waals surface area contributed by atoms with Crippen LogP contribution in [0.2, 0.25) is 0 Å². The van der Waals surface area contributed by atoms with Crippen LogP contribution in [0.4, 0.5) is 0 Å². The number of amidine groups is 2.